The summed E-state index contributed by atoms with van der Waals surface area (Å²) in [6, 6.07) is 13.5. The summed E-state index contributed by atoms with van der Waals surface area (Å²) in [5.41, 5.74) is 1.43. The van der Waals surface area contributed by atoms with Gasteiger partial charge >= 0.3 is 0 Å². The maximum atomic E-state index is 12.5. The summed E-state index contributed by atoms with van der Waals surface area (Å²) < 4.78 is 36.9. The van der Waals surface area contributed by atoms with Crippen LogP contribution in [0.15, 0.2) is 53.4 Å². The molecule has 2 rings (SSSR count). The van der Waals surface area contributed by atoms with Gasteiger partial charge in [0.1, 0.15) is 5.75 Å². The minimum absolute atomic E-state index is 0.0236. The molecule has 2 aromatic rings. The molecule has 1 atom stereocenters. The Balaban J connectivity index is 2.02. The predicted molar refractivity (Wildman–Crippen MR) is 115 cm³/mol. The first-order chi connectivity index (χ1) is 14.3. The summed E-state index contributed by atoms with van der Waals surface area (Å²) in [6.45, 7) is 0.857. The average molecular weight is 436 g/mol. The van der Waals surface area contributed by atoms with E-state index in [1.807, 2.05) is 43.3 Å². The first-order valence-corrected chi connectivity index (χ1v) is 10.9. The molecule has 0 saturated carbocycles. The van der Waals surface area contributed by atoms with E-state index < -0.39 is 10.0 Å². The van der Waals surface area contributed by atoms with Gasteiger partial charge in [0, 0.05) is 25.8 Å². The van der Waals surface area contributed by atoms with Crippen molar-refractivity contribution in [2.45, 2.75) is 10.9 Å². The third-order valence-corrected chi connectivity index (χ3v) is 6.08. The number of amides is 1. The molecule has 1 amide bonds. The molecule has 0 spiro atoms. The Morgan fingerprint density at radius 2 is 1.67 bits per heavy atom. The first-order valence-electron chi connectivity index (χ1n) is 9.45. The lowest BCUT2D eigenvalue weighted by Crippen LogP contribution is -2.34. The Morgan fingerprint density at radius 3 is 2.20 bits per heavy atom. The summed E-state index contributed by atoms with van der Waals surface area (Å²) in [5, 5.41) is 2.91. The molecular formula is C21H29N3O5S. The smallest absolute Gasteiger partial charge is 0.251 e. The topological polar surface area (TPSA) is 97.0 Å². The number of hydrogen-bond donors (Lipinski definition) is 2. The van der Waals surface area contributed by atoms with Gasteiger partial charge in [0.05, 0.1) is 24.7 Å². The Bertz CT molecular complexity index is 913. The molecule has 164 valence electrons. The third-order valence-electron chi connectivity index (χ3n) is 4.60. The molecule has 8 nitrogen and oxygen atoms in total. The lowest BCUT2D eigenvalue weighted by atomic mass is 10.1. The third kappa shape index (κ3) is 6.53. The van der Waals surface area contributed by atoms with Crippen LogP contribution in [-0.2, 0) is 14.8 Å². The van der Waals surface area contributed by atoms with Crippen LogP contribution in [0.1, 0.15) is 22.0 Å². The number of ether oxygens (including phenoxy) is 2. The molecule has 30 heavy (non-hydrogen) atoms. The number of sulfonamides is 1. The normalized spacial score (nSPS) is 12.6. The van der Waals surface area contributed by atoms with Crippen LogP contribution in [-0.4, -0.2) is 67.2 Å². The molecule has 9 heteroatoms. The number of carbonyl (C=O) groups is 1. The monoisotopic (exact) mass is 435 g/mol. The highest BCUT2D eigenvalue weighted by molar-refractivity contribution is 7.89. The van der Waals surface area contributed by atoms with Crippen LogP contribution < -0.4 is 14.8 Å². The van der Waals surface area contributed by atoms with Crippen LogP contribution in [0.3, 0.4) is 0 Å². The Hall–Kier alpha value is -2.46. The Labute approximate surface area is 178 Å². The van der Waals surface area contributed by atoms with Crippen molar-refractivity contribution < 1.29 is 22.7 Å². The van der Waals surface area contributed by atoms with Gasteiger partial charge in [-0.15, -0.1) is 0 Å². The van der Waals surface area contributed by atoms with Crippen molar-refractivity contribution in [1.82, 2.24) is 14.9 Å². The second-order valence-corrected chi connectivity index (χ2v) is 8.64. The summed E-state index contributed by atoms with van der Waals surface area (Å²) in [5.74, 6) is 0.499. The van der Waals surface area contributed by atoms with Crippen LogP contribution in [0.2, 0.25) is 0 Å². The average Bonchev–Trinajstić information content (AvgIpc) is 2.74. The molecular weight excluding hydrogens is 406 g/mol. The Morgan fingerprint density at radius 1 is 1.03 bits per heavy atom. The van der Waals surface area contributed by atoms with Crippen molar-refractivity contribution in [2.24, 2.45) is 0 Å². The van der Waals surface area contributed by atoms with Crippen molar-refractivity contribution in [2.75, 3.05) is 48.0 Å². The largest absolute Gasteiger partial charge is 0.497 e. The summed E-state index contributed by atoms with van der Waals surface area (Å²) in [4.78, 5) is 14.7. The van der Waals surface area contributed by atoms with Crippen molar-refractivity contribution in [1.29, 1.82) is 0 Å². The SMILES string of the molecule is COCCNS(=O)(=O)c1ccc(C(=O)NCC(c2ccc(OC)cc2)N(C)C)cc1. The van der Waals surface area contributed by atoms with Gasteiger partial charge in [-0.3, -0.25) is 4.79 Å². The number of nitrogens with zero attached hydrogens (tertiary/aromatic N) is 1. The van der Waals surface area contributed by atoms with E-state index in [1.54, 1.807) is 7.11 Å². The van der Waals surface area contributed by atoms with E-state index in [0.29, 0.717) is 12.1 Å². The predicted octanol–water partition coefficient (Wildman–Crippen LogP) is 1.65. The fourth-order valence-corrected chi connectivity index (χ4v) is 3.88. The van der Waals surface area contributed by atoms with Crippen molar-refractivity contribution in [3.05, 3.63) is 59.7 Å². The number of nitrogens with one attached hydrogen (secondary N) is 2. The zero-order valence-electron chi connectivity index (χ0n) is 17.7. The van der Waals surface area contributed by atoms with Crippen molar-refractivity contribution >= 4 is 15.9 Å². The summed E-state index contributed by atoms with van der Waals surface area (Å²) in [6.07, 6.45) is 0. The van der Waals surface area contributed by atoms with Crippen LogP contribution in [0.4, 0.5) is 0 Å². The minimum atomic E-state index is -3.63. The molecule has 0 aliphatic rings. The van der Waals surface area contributed by atoms with E-state index in [9.17, 15) is 13.2 Å². The molecule has 0 bridgehead atoms. The van der Waals surface area contributed by atoms with E-state index in [-0.39, 0.29) is 30.0 Å². The second kappa shape index (κ2) is 11.1. The van der Waals surface area contributed by atoms with Crippen LogP contribution >= 0.6 is 0 Å². The van der Waals surface area contributed by atoms with Gasteiger partial charge in [-0.2, -0.15) is 0 Å². The number of likely N-dealkylation sites (N-methyl/N-ethyl adjacent to an activating group) is 1. The maximum absolute atomic E-state index is 12.5. The number of hydrogen-bond acceptors (Lipinski definition) is 6. The number of rotatable bonds is 11. The van der Waals surface area contributed by atoms with Crippen LogP contribution in [0.25, 0.3) is 0 Å². The van der Waals surface area contributed by atoms with Crippen LogP contribution in [0.5, 0.6) is 5.75 Å². The van der Waals surface area contributed by atoms with Crippen LogP contribution in [0, 0.1) is 0 Å². The number of benzene rings is 2. The number of methoxy groups -OCH3 is 2. The molecule has 0 heterocycles. The Kier molecular flexibility index (Phi) is 8.79. The fourth-order valence-electron chi connectivity index (χ4n) is 2.86. The summed E-state index contributed by atoms with van der Waals surface area (Å²) in [7, 11) is 3.36. The lowest BCUT2D eigenvalue weighted by Gasteiger charge is -2.25. The molecule has 0 aromatic heterocycles. The summed E-state index contributed by atoms with van der Waals surface area (Å²) >= 11 is 0. The van der Waals surface area contributed by atoms with E-state index in [4.69, 9.17) is 9.47 Å². The van der Waals surface area contributed by atoms with Crippen molar-refractivity contribution in [3.8, 4) is 5.75 Å². The van der Waals surface area contributed by atoms with Gasteiger partial charge in [-0.1, -0.05) is 12.1 Å². The molecule has 2 aromatic carbocycles. The second-order valence-electron chi connectivity index (χ2n) is 6.88. The molecule has 1 unspecified atom stereocenters. The lowest BCUT2D eigenvalue weighted by molar-refractivity contribution is 0.0942. The zero-order chi connectivity index (χ0) is 22.1. The molecule has 0 aliphatic carbocycles. The highest BCUT2D eigenvalue weighted by Gasteiger charge is 2.17. The van der Waals surface area contributed by atoms with Gasteiger partial charge in [-0.25, -0.2) is 13.1 Å². The fraction of sp³-hybridized carbons (Fsp3) is 0.381. The maximum Gasteiger partial charge on any atom is 0.251 e. The molecule has 0 fully saturated rings. The number of carbonyl (C=O) groups excluding carboxylic acids is 1. The van der Waals surface area contributed by atoms with E-state index >= 15 is 0 Å². The molecule has 0 aliphatic heterocycles. The van der Waals surface area contributed by atoms with Gasteiger partial charge in [0.2, 0.25) is 10.0 Å². The van der Waals surface area contributed by atoms with Gasteiger partial charge in [-0.05, 0) is 56.1 Å². The van der Waals surface area contributed by atoms with E-state index in [2.05, 4.69) is 10.0 Å². The van der Waals surface area contributed by atoms with E-state index in [1.165, 1.54) is 31.4 Å². The zero-order valence-corrected chi connectivity index (χ0v) is 18.5. The first kappa shape index (κ1) is 23.8. The molecule has 2 N–H and O–H groups in total. The van der Waals surface area contributed by atoms with E-state index in [0.717, 1.165) is 11.3 Å². The quantitative estimate of drug-likeness (QED) is 0.521. The van der Waals surface area contributed by atoms with Gasteiger partial charge < -0.3 is 19.7 Å². The molecule has 0 radical (unpaired) electrons. The minimum Gasteiger partial charge on any atom is -0.497 e. The van der Waals surface area contributed by atoms with Crippen molar-refractivity contribution in [3.63, 3.8) is 0 Å². The van der Waals surface area contributed by atoms with Gasteiger partial charge in [0.25, 0.3) is 5.91 Å². The molecule has 0 saturated heterocycles. The van der Waals surface area contributed by atoms with Gasteiger partial charge in [0.15, 0.2) is 0 Å². The standard InChI is InChI=1S/C21H29N3O5S/c1-24(2)20(16-5-9-18(29-4)10-6-16)15-22-21(25)17-7-11-19(12-8-17)30(26,27)23-13-14-28-3/h5-12,20,23H,13-15H2,1-4H3,(H,22,25). The highest BCUT2D eigenvalue weighted by atomic mass is 32.2. The highest BCUT2D eigenvalue weighted by Crippen LogP contribution is 2.21.